The van der Waals surface area contributed by atoms with Gasteiger partial charge in [-0.15, -0.1) is 0 Å². The quantitative estimate of drug-likeness (QED) is 0.642. The zero-order chi connectivity index (χ0) is 17.7. The highest BCUT2D eigenvalue weighted by Crippen LogP contribution is 2.29. The Morgan fingerprint density at radius 2 is 1.65 bits per heavy atom. The first-order valence-electron chi connectivity index (χ1n) is 8.71. The molecule has 132 valence electrons. The molecular weight excluding hydrogens is 288 g/mol. The molecule has 0 amide bonds. The fourth-order valence-corrected chi connectivity index (χ4v) is 2.90. The monoisotopic (exact) mass is 322 g/mol. The number of aliphatic hydroxyl groups excluding tert-OH is 1. The Bertz CT molecular complexity index is 471. The average Bonchev–Trinajstić information content (AvgIpc) is 2.43. The van der Waals surface area contributed by atoms with Gasteiger partial charge in [-0.25, -0.2) is 0 Å². The summed E-state index contributed by atoms with van der Waals surface area (Å²) in [5.41, 5.74) is 0.0790. The van der Waals surface area contributed by atoms with Crippen molar-refractivity contribution < 1.29 is 15.3 Å². The van der Waals surface area contributed by atoms with Gasteiger partial charge in [0.05, 0.1) is 11.7 Å². The number of hydrogen-bond donors (Lipinski definition) is 3. The maximum atomic E-state index is 10.9. The van der Waals surface area contributed by atoms with Gasteiger partial charge in [0.1, 0.15) is 5.60 Å². The lowest BCUT2D eigenvalue weighted by atomic mass is 9.80. The second kappa shape index (κ2) is 8.27. The summed E-state index contributed by atoms with van der Waals surface area (Å²) in [7, 11) is 0. The Morgan fingerprint density at radius 3 is 2.26 bits per heavy atom. The van der Waals surface area contributed by atoms with E-state index in [0.717, 1.165) is 24.8 Å². The Morgan fingerprint density at radius 1 is 1.04 bits per heavy atom. The van der Waals surface area contributed by atoms with E-state index in [1.807, 2.05) is 20.8 Å². The molecule has 0 saturated heterocycles. The molecule has 0 heterocycles. The topological polar surface area (TPSA) is 60.7 Å². The highest BCUT2D eigenvalue weighted by atomic mass is 16.3. The van der Waals surface area contributed by atoms with E-state index in [1.54, 1.807) is 19.1 Å². The predicted molar refractivity (Wildman–Crippen MR) is 96.2 cm³/mol. The zero-order valence-electron chi connectivity index (χ0n) is 15.3. The minimum absolute atomic E-state index is 0.146. The van der Waals surface area contributed by atoms with Gasteiger partial charge >= 0.3 is 0 Å². The van der Waals surface area contributed by atoms with E-state index in [-0.39, 0.29) is 5.92 Å². The van der Waals surface area contributed by atoms with Crippen molar-refractivity contribution in [1.29, 1.82) is 0 Å². The summed E-state index contributed by atoms with van der Waals surface area (Å²) in [6.45, 7) is 9.63. The van der Waals surface area contributed by atoms with Gasteiger partial charge in [-0.1, -0.05) is 49.3 Å². The fourth-order valence-electron chi connectivity index (χ4n) is 2.90. The molecular formula is C20H34O3. The van der Waals surface area contributed by atoms with E-state index >= 15 is 0 Å². The Balaban J connectivity index is 3.13. The van der Waals surface area contributed by atoms with Crippen LogP contribution in [0.2, 0.25) is 0 Å². The van der Waals surface area contributed by atoms with Crippen molar-refractivity contribution in [2.75, 3.05) is 0 Å². The maximum absolute atomic E-state index is 10.9. The van der Waals surface area contributed by atoms with Crippen LogP contribution in [-0.2, 0) is 0 Å². The zero-order valence-corrected chi connectivity index (χ0v) is 15.3. The van der Waals surface area contributed by atoms with Gasteiger partial charge in [0.2, 0.25) is 0 Å². The van der Waals surface area contributed by atoms with Gasteiger partial charge in [0.15, 0.2) is 0 Å². The molecule has 1 rings (SSSR count). The van der Waals surface area contributed by atoms with Crippen LogP contribution in [0.25, 0.3) is 0 Å². The van der Waals surface area contributed by atoms with Crippen LogP contribution >= 0.6 is 0 Å². The molecule has 0 aliphatic heterocycles. The number of aliphatic hydroxyl groups is 3. The van der Waals surface area contributed by atoms with Gasteiger partial charge in [0.25, 0.3) is 0 Å². The normalized spacial score (nSPS) is 40.7. The first-order valence-corrected chi connectivity index (χ1v) is 8.71. The molecule has 1 aliphatic rings. The van der Waals surface area contributed by atoms with Crippen molar-refractivity contribution in [3.8, 4) is 0 Å². The smallest absolute Gasteiger partial charge is 0.111 e. The summed E-state index contributed by atoms with van der Waals surface area (Å²) >= 11 is 0. The Kier molecular flexibility index (Phi) is 7.25. The lowest BCUT2D eigenvalue weighted by Gasteiger charge is -2.35. The lowest BCUT2D eigenvalue weighted by Crippen LogP contribution is -2.46. The summed E-state index contributed by atoms with van der Waals surface area (Å²) in [6.07, 6.45) is 10.4. The van der Waals surface area contributed by atoms with Crippen molar-refractivity contribution in [2.24, 2.45) is 5.92 Å². The van der Waals surface area contributed by atoms with Gasteiger partial charge in [-0.05, 0) is 58.8 Å². The summed E-state index contributed by atoms with van der Waals surface area (Å²) in [6, 6.07) is 0. The van der Waals surface area contributed by atoms with E-state index in [2.05, 4.69) is 19.1 Å². The van der Waals surface area contributed by atoms with Crippen LogP contribution in [0.15, 0.2) is 35.5 Å². The van der Waals surface area contributed by atoms with E-state index in [4.69, 9.17) is 0 Å². The number of allylic oxidation sites excluding steroid dienone is 3. The summed E-state index contributed by atoms with van der Waals surface area (Å²) in [4.78, 5) is 0. The SMILES string of the molecule is C/C1=C\CC[C@](C)(O)/C=C/C(O)(C(C)C)C(O)C/C(C)=C/CC1. The molecule has 0 aromatic heterocycles. The van der Waals surface area contributed by atoms with Crippen molar-refractivity contribution in [3.05, 3.63) is 35.5 Å². The Labute approximate surface area is 141 Å². The van der Waals surface area contributed by atoms with Crippen LogP contribution in [0, 0.1) is 5.92 Å². The number of rotatable bonds is 1. The van der Waals surface area contributed by atoms with Gasteiger partial charge < -0.3 is 15.3 Å². The van der Waals surface area contributed by atoms with Crippen LogP contribution in [0.1, 0.15) is 66.7 Å². The van der Waals surface area contributed by atoms with Crippen LogP contribution in [0.3, 0.4) is 0 Å². The largest absolute Gasteiger partial charge is 0.389 e. The van der Waals surface area contributed by atoms with E-state index in [9.17, 15) is 15.3 Å². The summed E-state index contributed by atoms with van der Waals surface area (Å²) in [5.74, 6) is -0.146. The van der Waals surface area contributed by atoms with Crippen molar-refractivity contribution in [1.82, 2.24) is 0 Å². The molecule has 0 radical (unpaired) electrons. The molecule has 3 nitrogen and oxygen atoms in total. The molecule has 0 saturated carbocycles. The molecule has 0 aromatic carbocycles. The summed E-state index contributed by atoms with van der Waals surface area (Å²) in [5, 5.41) is 32.0. The van der Waals surface area contributed by atoms with Crippen molar-refractivity contribution in [2.45, 2.75) is 84.0 Å². The van der Waals surface area contributed by atoms with Crippen molar-refractivity contribution in [3.63, 3.8) is 0 Å². The van der Waals surface area contributed by atoms with Gasteiger partial charge in [0, 0.05) is 0 Å². The molecule has 3 N–H and O–H groups in total. The molecule has 3 heteroatoms. The molecule has 23 heavy (non-hydrogen) atoms. The highest BCUT2D eigenvalue weighted by Gasteiger charge is 2.37. The molecule has 0 bridgehead atoms. The second-order valence-corrected chi connectivity index (χ2v) is 7.63. The van der Waals surface area contributed by atoms with Crippen LogP contribution in [0.4, 0.5) is 0 Å². The molecule has 2 unspecified atom stereocenters. The van der Waals surface area contributed by atoms with Crippen LogP contribution < -0.4 is 0 Å². The molecule has 0 aromatic rings. The first-order chi connectivity index (χ1) is 10.6. The standard InChI is InChI=1S/C20H34O3/c1-15(2)20(23)13-12-19(5,22)11-7-10-16(3)8-6-9-17(4)14-18(20)21/h9-10,12-13,15,18,21-23H,6-8,11,14H2,1-5H3/b13-12+,16-10+,17-9+/t18?,19-,20?/m0/s1. The fraction of sp³-hybridized carbons (Fsp3) is 0.700. The maximum Gasteiger partial charge on any atom is 0.111 e. The highest BCUT2D eigenvalue weighted by molar-refractivity contribution is 5.15. The predicted octanol–water partition coefficient (Wildman–Crippen LogP) is 3.90. The van der Waals surface area contributed by atoms with Crippen molar-refractivity contribution >= 4 is 0 Å². The molecule has 3 atom stereocenters. The van der Waals surface area contributed by atoms with Crippen LogP contribution in [-0.4, -0.2) is 32.6 Å². The minimum atomic E-state index is -1.34. The van der Waals surface area contributed by atoms with E-state index < -0.39 is 17.3 Å². The molecule has 1 aliphatic carbocycles. The van der Waals surface area contributed by atoms with Gasteiger partial charge in [-0.3, -0.25) is 0 Å². The average molecular weight is 322 g/mol. The third-order valence-corrected chi connectivity index (χ3v) is 4.86. The van der Waals surface area contributed by atoms with Crippen LogP contribution in [0.5, 0.6) is 0 Å². The van der Waals surface area contributed by atoms with E-state index in [0.29, 0.717) is 12.8 Å². The lowest BCUT2D eigenvalue weighted by molar-refractivity contribution is -0.0697. The first kappa shape index (κ1) is 20.1. The third kappa shape index (κ3) is 6.25. The molecule has 0 fully saturated rings. The second-order valence-electron chi connectivity index (χ2n) is 7.63. The Hall–Kier alpha value is -0.900. The van der Waals surface area contributed by atoms with Gasteiger partial charge in [-0.2, -0.15) is 0 Å². The van der Waals surface area contributed by atoms with E-state index in [1.165, 1.54) is 5.57 Å². The minimum Gasteiger partial charge on any atom is -0.389 e. The number of hydrogen-bond acceptors (Lipinski definition) is 3. The third-order valence-electron chi connectivity index (χ3n) is 4.86. The summed E-state index contributed by atoms with van der Waals surface area (Å²) < 4.78 is 0. The molecule has 0 spiro atoms.